The molecule has 1 heterocycles. The molecule has 0 saturated heterocycles. The van der Waals surface area contributed by atoms with Crippen LogP contribution in [0.2, 0.25) is 0 Å². The number of amides is 1. The SMILES string of the molecule is Cc1nc(-c2ccc(F)cc2)sc1C(=O)OCC(=O)N(CC#N)c1ccccc1. The van der Waals surface area contributed by atoms with E-state index in [1.54, 1.807) is 49.4 Å². The van der Waals surface area contributed by atoms with Crippen LogP contribution in [-0.2, 0) is 9.53 Å². The summed E-state index contributed by atoms with van der Waals surface area (Å²) in [7, 11) is 0. The molecule has 146 valence electrons. The van der Waals surface area contributed by atoms with Crippen LogP contribution in [0.15, 0.2) is 54.6 Å². The zero-order valence-corrected chi connectivity index (χ0v) is 16.3. The van der Waals surface area contributed by atoms with Gasteiger partial charge in [-0.15, -0.1) is 11.3 Å². The smallest absolute Gasteiger partial charge is 0.350 e. The number of benzene rings is 2. The standard InChI is InChI=1S/C21H16FN3O3S/c1-14-19(29-20(24-14)15-7-9-16(22)10-8-15)21(27)28-13-18(26)25(12-11-23)17-5-3-2-4-6-17/h2-10H,12-13H2,1H3. The van der Waals surface area contributed by atoms with Gasteiger partial charge in [-0.25, -0.2) is 14.2 Å². The molecule has 8 heteroatoms. The zero-order chi connectivity index (χ0) is 20.8. The van der Waals surface area contributed by atoms with E-state index in [-0.39, 0.29) is 17.2 Å². The molecular weight excluding hydrogens is 393 g/mol. The van der Waals surface area contributed by atoms with Crippen LogP contribution in [0.25, 0.3) is 10.6 Å². The van der Waals surface area contributed by atoms with E-state index in [0.29, 0.717) is 22.0 Å². The molecular formula is C21H16FN3O3S. The number of thiazole rings is 1. The highest BCUT2D eigenvalue weighted by molar-refractivity contribution is 7.17. The number of ether oxygens (including phenoxy) is 1. The van der Waals surface area contributed by atoms with Crippen LogP contribution >= 0.6 is 11.3 Å². The number of nitrogens with zero attached hydrogens (tertiary/aromatic N) is 3. The van der Waals surface area contributed by atoms with Gasteiger partial charge in [-0.1, -0.05) is 18.2 Å². The lowest BCUT2D eigenvalue weighted by atomic mass is 10.2. The molecule has 0 unspecified atom stereocenters. The van der Waals surface area contributed by atoms with Crippen molar-refractivity contribution in [3.63, 3.8) is 0 Å². The molecule has 0 aliphatic carbocycles. The monoisotopic (exact) mass is 409 g/mol. The topological polar surface area (TPSA) is 83.3 Å². The summed E-state index contributed by atoms with van der Waals surface area (Å²) in [4.78, 5) is 30.7. The van der Waals surface area contributed by atoms with Gasteiger partial charge in [0.1, 0.15) is 22.2 Å². The van der Waals surface area contributed by atoms with E-state index in [2.05, 4.69) is 4.98 Å². The lowest BCUT2D eigenvalue weighted by Gasteiger charge is -2.19. The maximum absolute atomic E-state index is 13.1. The molecule has 2 aromatic carbocycles. The van der Waals surface area contributed by atoms with Crippen molar-refractivity contribution in [1.29, 1.82) is 5.26 Å². The Hall–Kier alpha value is -3.57. The Bertz CT molecular complexity index is 1060. The van der Waals surface area contributed by atoms with Crippen LogP contribution in [0, 0.1) is 24.1 Å². The first-order valence-corrected chi connectivity index (χ1v) is 9.44. The third-order valence-corrected chi connectivity index (χ3v) is 5.18. The number of aromatic nitrogens is 1. The van der Waals surface area contributed by atoms with Crippen molar-refractivity contribution < 1.29 is 18.7 Å². The molecule has 29 heavy (non-hydrogen) atoms. The van der Waals surface area contributed by atoms with Crippen molar-refractivity contribution in [3.05, 3.63) is 71.0 Å². The van der Waals surface area contributed by atoms with Gasteiger partial charge in [0.2, 0.25) is 0 Å². The lowest BCUT2D eigenvalue weighted by Crippen LogP contribution is -2.35. The summed E-state index contributed by atoms with van der Waals surface area (Å²) < 4.78 is 18.2. The zero-order valence-electron chi connectivity index (χ0n) is 15.5. The Morgan fingerprint density at radius 1 is 1.17 bits per heavy atom. The molecule has 0 bridgehead atoms. The van der Waals surface area contributed by atoms with E-state index in [9.17, 15) is 14.0 Å². The van der Waals surface area contributed by atoms with Crippen LogP contribution in [0.4, 0.5) is 10.1 Å². The summed E-state index contributed by atoms with van der Waals surface area (Å²) in [5.74, 6) is -1.54. The van der Waals surface area contributed by atoms with Crippen LogP contribution in [-0.4, -0.2) is 30.0 Å². The first kappa shape index (κ1) is 20.2. The van der Waals surface area contributed by atoms with E-state index >= 15 is 0 Å². The molecule has 6 nitrogen and oxygen atoms in total. The van der Waals surface area contributed by atoms with E-state index in [1.165, 1.54) is 17.0 Å². The largest absolute Gasteiger partial charge is 0.451 e. The van der Waals surface area contributed by atoms with Gasteiger partial charge in [0.15, 0.2) is 6.61 Å². The highest BCUT2D eigenvalue weighted by Crippen LogP contribution is 2.28. The molecule has 0 spiro atoms. The van der Waals surface area contributed by atoms with Crippen LogP contribution in [0.1, 0.15) is 15.4 Å². The van der Waals surface area contributed by atoms with Gasteiger partial charge in [-0.2, -0.15) is 5.26 Å². The summed E-state index contributed by atoms with van der Waals surface area (Å²) in [5.41, 5.74) is 1.69. The maximum Gasteiger partial charge on any atom is 0.350 e. The number of esters is 1. The van der Waals surface area contributed by atoms with Crippen LogP contribution in [0.3, 0.4) is 0 Å². The third-order valence-electron chi connectivity index (χ3n) is 4.00. The fourth-order valence-electron chi connectivity index (χ4n) is 2.57. The lowest BCUT2D eigenvalue weighted by molar-refractivity contribution is -0.121. The van der Waals surface area contributed by atoms with Crippen molar-refractivity contribution in [2.24, 2.45) is 0 Å². The summed E-state index contributed by atoms with van der Waals surface area (Å²) >= 11 is 1.11. The number of halogens is 1. The third kappa shape index (κ3) is 4.83. The van der Waals surface area contributed by atoms with Gasteiger partial charge in [0, 0.05) is 11.3 Å². The van der Waals surface area contributed by atoms with Gasteiger partial charge in [0.25, 0.3) is 5.91 Å². The fourth-order valence-corrected chi connectivity index (χ4v) is 3.54. The Morgan fingerprint density at radius 3 is 2.52 bits per heavy atom. The predicted octanol–water partition coefficient (Wildman–Crippen LogP) is 3.97. The van der Waals surface area contributed by atoms with E-state index in [1.807, 2.05) is 6.07 Å². The average Bonchev–Trinajstić information content (AvgIpc) is 3.13. The van der Waals surface area contributed by atoms with Gasteiger partial charge in [-0.05, 0) is 43.3 Å². The highest BCUT2D eigenvalue weighted by atomic mass is 32.1. The van der Waals surface area contributed by atoms with Gasteiger partial charge < -0.3 is 4.74 Å². The maximum atomic E-state index is 13.1. The average molecular weight is 409 g/mol. The second-order valence-electron chi connectivity index (χ2n) is 5.99. The number of hydrogen-bond acceptors (Lipinski definition) is 6. The molecule has 0 N–H and O–H groups in total. The summed E-state index contributed by atoms with van der Waals surface area (Å²) in [5, 5.41) is 9.54. The number of rotatable bonds is 6. The number of hydrogen-bond donors (Lipinski definition) is 0. The summed E-state index contributed by atoms with van der Waals surface area (Å²) in [6, 6.07) is 16.4. The Balaban J connectivity index is 1.69. The second kappa shape index (κ2) is 9.08. The minimum absolute atomic E-state index is 0.158. The minimum atomic E-state index is -0.674. The molecule has 0 radical (unpaired) electrons. The fraction of sp³-hybridized carbons (Fsp3) is 0.143. The minimum Gasteiger partial charge on any atom is -0.451 e. The predicted molar refractivity (Wildman–Crippen MR) is 107 cm³/mol. The van der Waals surface area contributed by atoms with Crippen molar-refractivity contribution in [1.82, 2.24) is 4.98 Å². The van der Waals surface area contributed by atoms with E-state index < -0.39 is 18.5 Å². The Morgan fingerprint density at radius 2 is 1.86 bits per heavy atom. The van der Waals surface area contributed by atoms with Crippen molar-refractivity contribution in [3.8, 4) is 16.6 Å². The molecule has 0 fully saturated rings. The molecule has 0 saturated carbocycles. The quantitative estimate of drug-likeness (QED) is 0.454. The number of nitriles is 1. The van der Waals surface area contributed by atoms with E-state index in [0.717, 1.165) is 11.3 Å². The first-order chi connectivity index (χ1) is 14.0. The van der Waals surface area contributed by atoms with Crippen LogP contribution < -0.4 is 4.90 Å². The Labute approximate surface area is 170 Å². The molecule has 1 amide bonds. The van der Waals surface area contributed by atoms with Crippen molar-refractivity contribution >= 4 is 28.9 Å². The van der Waals surface area contributed by atoms with Gasteiger partial charge >= 0.3 is 5.97 Å². The number of para-hydroxylation sites is 1. The molecule has 3 aromatic rings. The van der Waals surface area contributed by atoms with E-state index in [4.69, 9.17) is 10.00 Å². The highest BCUT2D eigenvalue weighted by Gasteiger charge is 2.21. The second-order valence-corrected chi connectivity index (χ2v) is 6.99. The summed E-state index contributed by atoms with van der Waals surface area (Å²) in [6.45, 7) is 1.00. The molecule has 1 aromatic heterocycles. The number of aryl methyl sites for hydroxylation is 1. The number of anilines is 1. The van der Waals surface area contributed by atoms with Crippen molar-refractivity contribution in [2.45, 2.75) is 6.92 Å². The van der Waals surface area contributed by atoms with Gasteiger partial charge in [0.05, 0.1) is 11.8 Å². The number of carbonyl (C=O) groups excluding carboxylic acids is 2. The molecule has 0 atom stereocenters. The molecule has 0 aliphatic rings. The molecule has 3 rings (SSSR count). The molecule has 0 aliphatic heterocycles. The van der Waals surface area contributed by atoms with Crippen molar-refractivity contribution in [2.75, 3.05) is 18.1 Å². The van der Waals surface area contributed by atoms with Crippen LogP contribution in [0.5, 0.6) is 0 Å². The normalized spacial score (nSPS) is 10.2. The first-order valence-electron chi connectivity index (χ1n) is 8.62. The number of carbonyl (C=O) groups is 2. The summed E-state index contributed by atoms with van der Waals surface area (Å²) in [6.07, 6.45) is 0. The Kier molecular flexibility index (Phi) is 6.32. The van der Waals surface area contributed by atoms with Gasteiger partial charge in [-0.3, -0.25) is 9.69 Å².